The molecule has 1 aromatic heterocycles. The molecule has 0 aliphatic heterocycles. The van der Waals surface area contributed by atoms with Crippen LogP contribution in [0.1, 0.15) is 25.6 Å². The Morgan fingerprint density at radius 1 is 1.07 bits per heavy atom. The summed E-state index contributed by atoms with van der Waals surface area (Å²) in [6.45, 7) is 0.416. The van der Waals surface area contributed by atoms with Crippen molar-refractivity contribution in [3.63, 3.8) is 0 Å². The lowest BCUT2D eigenvalue weighted by molar-refractivity contribution is 0.0784. The second-order valence-electron chi connectivity index (χ2n) is 5.92. The molecule has 0 aliphatic rings. The van der Waals surface area contributed by atoms with Crippen LogP contribution >= 0.6 is 34.5 Å². The average Bonchev–Trinajstić information content (AvgIpc) is 3.18. The molecule has 3 rings (SSSR count). The molecule has 2 amide bonds. The number of hydrogen-bond acceptors (Lipinski definition) is 3. The van der Waals surface area contributed by atoms with E-state index in [-0.39, 0.29) is 11.8 Å². The lowest BCUT2D eigenvalue weighted by Gasteiger charge is -2.18. The van der Waals surface area contributed by atoms with Crippen LogP contribution in [0.25, 0.3) is 0 Å². The summed E-state index contributed by atoms with van der Waals surface area (Å²) in [6.07, 6.45) is 0. The number of hydrogen-bond donors (Lipinski definition) is 1. The summed E-state index contributed by atoms with van der Waals surface area (Å²) in [5.41, 5.74) is 1.76. The van der Waals surface area contributed by atoms with Crippen molar-refractivity contribution in [1.82, 2.24) is 4.90 Å². The van der Waals surface area contributed by atoms with Crippen LogP contribution in [0.3, 0.4) is 0 Å². The van der Waals surface area contributed by atoms with Gasteiger partial charge in [-0.2, -0.15) is 0 Å². The van der Waals surface area contributed by atoms with Crippen molar-refractivity contribution in [2.45, 2.75) is 6.54 Å². The molecule has 0 aliphatic carbocycles. The second-order valence-corrected chi connectivity index (χ2v) is 7.71. The van der Waals surface area contributed by atoms with E-state index in [1.54, 1.807) is 48.3 Å². The fraction of sp³-hybridized carbons (Fsp3) is 0.100. The third-order valence-corrected chi connectivity index (χ3v) is 5.30. The lowest BCUT2D eigenvalue weighted by Crippen LogP contribution is -2.26. The summed E-state index contributed by atoms with van der Waals surface area (Å²) < 4.78 is 0. The second kappa shape index (κ2) is 8.57. The van der Waals surface area contributed by atoms with Gasteiger partial charge in [0.15, 0.2) is 0 Å². The van der Waals surface area contributed by atoms with Gasteiger partial charge in [-0.1, -0.05) is 41.4 Å². The van der Waals surface area contributed by atoms with Gasteiger partial charge in [0.1, 0.15) is 0 Å². The first-order chi connectivity index (χ1) is 12.9. The number of thiophene rings is 1. The van der Waals surface area contributed by atoms with Gasteiger partial charge in [0.2, 0.25) is 0 Å². The molecule has 0 unspecified atom stereocenters. The zero-order valence-electron chi connectivity index (χ0n) is 14.4. The molecule has 1 N–H and O–H groups in total. The molecule has 0 fully saturated rings. The Labute approximate surface area is 171 Å². The van der Waals surface area contributed by atoms with Crippen LogP contribution in [0.2, 0.25) is 10.0 Å². The van der Waals surface area contributed by atoms with E-state index in [1.165, 1.54) is 11.3 Å². The minimum absolute atomic E-state index is 0.182. The third kappa shape index (κ3) is 4.89. The monoisotopic (exact) mass is 418 g/mol. The molecule has 2 aromatic carbocycles. The van der Waals surface area contributed by atoms with Gasteiger partial charge in [0.25, 0.3) is 11.8 Å². The van der Waals surface area contributed by atoms with Crippen LogP contribution in [-0.2, 0) is 6.54 Å². The van der Waals surface area contributed by atoms with E-state index in [9.17, 15) is 9.59 Å². The molecule has 0 atom stereocenters. The Morgan fingerprint density at radius 2 is 1.89 bits per heavy atom. The number of anilines is 1. The van der Waals surface area contributed by atoms with Crippen molar-refractivity contribution in [3.8, 4) is 0 Å². The first kappa shape index (κ1) is 19.4. The normalized spacial score (nSPS) is 10.5. The molecule has 4 nitrogen and oxygen atoms in total. The number of nitrogens with one attached hydrogen (secondary N) is 1. The van der Waals surface area contributed by atoms with Crippen LogP contribution in [0, 0.1) is 0 Å². The maximum Gasteiger partial charge on any atom is 0.265 e. The van der Waals surface area contributed by atoms with Crippen LogP contribution in [0.15, 0.2) is 60.0 Å². The van der Waals surface area contributed by atoms with Crippen LogP contribution in [0.4, 0.5) is 5.69 Å². The zero-order valence-corrected chi connectivity index (χ0v) is 16.7. The van der Waals surface area contributed by atoms with E-state index in [0.29, 0.717) is 32.7 Å². The molecule has 27 heavy (non-hydrogen) atoms. The fourth-order valence-corrected chi connectivity index (χ4v) is 3.54. The maximum absolute atomic E-state index is 12.8. The Morgan fingerprint density at radius 3 is 2.59 bits per heavy atom. The van der Waals surface area contributed by atoms with Crippen molar-refractivity contribution in [2.24, 2.45) is 0 Å². The Kier molecular flexibility index (Phi) is 6.16. The Hall–Kier alpha value is -2.34. The van der Waals surface area contributed by atoms with E-state index < -0.39 is 0 Å². The minimum atomic E-state index is -0.260. The predicted octanol–water partition coefficient (Wildman–Crippen LogP) is 5.58. The molecule has 138 valence electrons. The predicted molar refractivity (Wildman–Crippen MR) is 111 cm³/mol. The van der Waals surface area contributed by atoms with Gasteiger partial charge in [-0.25, -0.2) is 0 Å². The van der Waals surface area contributed by atoms with Crippen molar-refractivity contribution < 1.29 is 9.59 Å². The van der Waals surface area contributed by atoms with Crippen molar-refractivity contribution in [3.05, 3.63) is 86.0 Å². The van der Waals surface area contributed by atoms with Crippen molar-refractivity contribution >= 4 is 52.0 Å². The molecule has 7 heteroatoms. The first-order valence-corrected chi connectivity index (χ1v) is 9.72. The largest absolute Gasteiger partial charge is 0.337 e. The van der Waals surface area contributed by atoms with Crippen molar-refractivity contribution in [2.75, 3.05) is 12.4 Å². The molecule has 3 aromatic rings. The van der Waals surface area contributed by atoms with Gasteiger partial charge in [0.05, 0.1) is 15.6 Å². The molecular formula is C20H16Cl2N2O2S. The van der Waals surface area contributed by atoms with E-state index in [4.69, 9.17) is 23.2 Å². The number of benzene rings is 2. The number of nitrogens with zero attached hydrogens (tertiary/aromatic N) is 1. The van der Waals surface area contributed by atoms with E-state index in [2.05, 4.69) is 5.32 Å². The standard InChI is InChI=1S/C20H16Cl2N2O2S/c1-24(12-13-4-2-5-15(21)10-13)20(26)14-7-8-16(22)17(11-14)23-19(25)18-6-3-9-27-18/h2-11H,12H2,1H3,(H,23,25). The van der Waals surface area contributed by atoms with Gasteiger partial charge in [-0.05, 0) is 47.3 Å². The highest BCUT2D eigenvalue weighted by molar-refractivity contribution is 7.12. The van der Waals surface area contributed by atoms with Gasteiger partial charge in [0, 0.05) is 24.2 Å². The quantitative estimate of drug-likeness (QED) is 0.587. The highest BCUT2D eigenvalue weighted by Crippen LogP contribution is 2.25. The molecular weight excluding hydrogens is 403 g/mol. The summed E-state index contributed by atoms with van der Waals surface area (Å²) in [5, 5.41) is 5.57. The van der Waals surface area contributed by atoms with Gasteiger partial charge in [-0.15, -0.1) is 11.3 Å². The van der Waals surface area contributed by atoms with Crippen LogP contribution in [0.5, 0.6) is 0 Å². The number of carbonyl (C=O) groups excluding carboxylic acids is 2. The van der Waals surface area contributed by atoms with Gasteiger partial charge < -0.3 is 10.2 Å². The molecule has 0 bridgehead atoms. The van der Waals surface area contributed by atoms with Crippen molar-refractivity contribution in [1.29, 1.82) is 0 Å². The molecule has 0 saturated heterocycles. The third-order valence-electron chi connectivity index (χ3n) is 3.86. The number of carbonyl (C=O) groups is 2. The van der Waals surface area contributed by atoms with Crippen LogP contribution in [-0.4, -0.2) is 23.8 Å². The topological polar surface area (TPSA) is 49.4 Å². The van der Waals surface area contributed by atoms with E-state index >= 15 is 0 Å². The summed E-state index contributed by atoms with van der Waals surface area (Å²) in [7, 11) is 1.71. The maximum atomic E-state index is 12.8. The summed E-state index contributed by atoms with van der Waals surface area (Å²) >= 11 is 13.5. The summed E-state index contributed by atoms with van der Waals surface area (Å²) in [6, 6.07) is 15.7. The summed E-state index contributed by atoms with van der Waals surface area (Å²) in [4.78, 5) is 27.2. The molecule has 0 spiro atoms. The summed E-state index contributed by atoms with van der Waals surface area (Å²) in [5.74, 6) is -0.443. The van der Waals surface area contributed by atoms with Crippen LogP contribution < -0.4 is 5.32 Å². The lowest BCUT2D eigenvalue weighted by atomic mass is 10.1. The highest BCUT2D eigenvalue weighted by Gasteiger charge is 2.16. The number of amides is 2. The van der Waals surface area contributed by atoms with Gasteiger partial charge >= 0.3 is 0 Å². The SMILES string of the molecule is CN(Cc1cccc(Cl)c1)C(=O)c1ccc(Cl)c(NC(=O)c2cccs2)c1. The highest BCUT2D eigenvalue weighted by atomic mass is 35.5. The smallest absolute Gasteiger partial charge is 0.265 e. The fourth-order valence-electron chi connectivity index (χ4n) is 2.55. The number of halogens is 2. The minimum Gasteiger partial charge on any atom is -0.337 e. The zero-order chi connectivity index (χ0) is 19.4. The van der Waals surface area contributed by atoms with Gasteiger partial charge in [-0.3, -0.25) is 9.59 Å². The first-order valence-electron chi connectivity index (χ1n) is 8.08. The molecule has 0 radical (unpaired) electrons. The van der Waals surface area contributed by atoms with E-state index in [0.717, 1.165) is 5.56 Å². The Bertz CT molecular complexity index is 974. The average molecular weight is 419 g/mol. The van der Waals surface area contributed by atoms with E-state index in [1.807, 2.05) is 23.6 Å². The number of rotatable bonds is 5. The molecule has 1 heterocycles. The molecule has 0 saturated carbocycles. The Balaban J connectivity index is 1.76.